The lowest BCUT2D eigenvalue weighted by atomic mass is 10.1. The highest BCUT2D eigenvalue weighted by molar-refractivity contribution is 5.55. The highest BCUT2D eigenvalue weighted by Gasteiger charge is 2.36. The molecule has 0 spiro atoms. The molecule has 0 aliphatic carbocycles. The first-order chi connectivity index (χ1) is 8.49. The molecule has 0 fully saturated rings. The van der Waals surface area contributed by atoms with E-state index in [1.54, 1.807) is 6.07 Å². The Balaban J connectivity index is 2.25. The minimum atomic E-state index is -0.674. The van der Waals surface area contributed by atoms with E-state index in [4.69, 9.17) is 4.74 Å². The Morgan fingerprint density at radius 3 is 2.94 bits per heavy atom. The molecule has 1 aliphatic heterocycles. The van der Waals surface area contributed by atoms with Gasteiger partial charge in [0.2, 0.25) is 0 Å². The predicted molar refractivity (Wildman–Crippen MR) is 59.5 cm³/mol. The Hall–Kier alpha value is -2.51. The number of rotatable bonds is 1. The molecule has 0 N–H and O–H groups in total. The minimum Gasteiger partial charge on any atom is -0.478 e. The zero-order valence-corrected chi connectivity index (χ0v) is 9.69. The lowest BCUT2D eigenvalue weighted by molar-refractivity contribution is -0.384. The first-order valence-electron chi connectivity index (χ1n) is 5.26. The summed E-state index contributed by atoms with van der Waals surface area (Å²) in [5.41, 5.74) is -0.228. The van der Waals surface area contributed by atoms with Gasteiger partial charge in [0.1, 0.15) is 11.4 Å². The fourth-order valence-electron chi connectivity index (χ4n) is 1.92. The van der Waals surface area contributed by atoms with E-state index >= 15 is 0 Å². The van der Waals surface area contributed by atoms with Gasteiger partial charge in [0.25, 0.3) is 5.69 Å². The van der Waals surface area contributed by atoms with Crippen LogP contribution in [-0.2, 0) is 5.60 Å². The number of hydrogen-bond donors (Lipinski definition) is 0. The number of fused-ring (bicyclic) bond motifs is 3. The number of nitro benzene ring substituents is 1. The Labute approximate surface area is 101 Å². The van der Waals surface area contributed by atoms with Gasteiger partial charge in [-0.25, -0.2) is 0 Å². The van der Waals surface area contributed by atoms with Crippen molar-refractivity contribution in [2.24, 2.45) is 0 Å². The number of nitrogens with zero attached hydrogens (tertiary/aromatic N) is 5. The van der Waals surface area contributed by atoms with E-state index in [2.05, 4.69) is 15.5 Å². The maximum atomic E-state index is 10.8. The maximum Gasteiger partial charge on any atom is 0.271 e. The number of nitro groups is 1. The number of tetrazole rings is 1. The van der Waals surface area contributed by atoms with Gasteiger partial charge in [0.05, 0.1) is 4.92 Å². The molecule has 8 nitrogen and oxygen atoms in total. The monoisotopic (exact) mass is 247 g/mol. The molecule has 1 aromatic carbocycles. The third-order valence-electron chi connectivity index (χ3n) is 2.75. The van der Waals surface area contributed by atoms with E-state index in [1.807, 2.05) is 13.8 Å². The molecule has 2 aromatic rings. The van der Waals surface area contributed by atoms with E-state index in [9.17, 15) is 10.1 Å². The van der Waals surface area contributed by atoms with Crippen LogP contribution in [0.4, 0.5) is 5.69 Å². The number of benzene rings is 1. The van der Waals surface area contributed by atoms with Crippen LogP contribution in [0.3, 0.4) is 0 Å². The summed E-state index contributed by atoms with van der Waals surface area (Å²) in [4.78, 5) is 10.3. The van der Waals surface area contributed by atoms with Crippen molar-refractivity contribution in [2.45, 2.75) is 19.4 Å². The van der Waals surface area contributed by atoms with Gasteiger partial charge in [0, 0.05) is 12.1 Å². The van der Waals surface area contributed by atoms with E-state index in [-0.39, 0.29) is 5.69 Å². The smallest absolute Gasteiger partial charge is 0.271 e. The molecule has 0 atom stereocenters. The highest BCUT2D eigenvalue weighted by Crippen LogP contribution is 2.38. The molecule has 1 aromatic heterocycles. The van der Waals surface area contributed by atoms with Gasteiger partial charge >= 0.3 is 0 Å². The molecule has 0 amide bonds. The molecule has 3 rings (SSSR count). The first-order valence-corrected chi connectivity index (χ1v) is 5.26. The van der Waals surface area contributed by atoms with Gasteiger partial charge in [-0.2, -0.15) is 4.68 Å². The van der Waals surface area contributed by atoms with Crippen molar-refractivity contribution >= 4 is 5.69 Å². The number of ether oxygens (including phenoxy) is 1. The largest absolute Gasteiger partial charge is 0.478 e. The van der Waals surface area contributed by atoms with Crippen LogP contribution >= 0.6 is 0 Å². The molecular weight excluding hydrogens is 238 g/mol. The van der Waals surface area contributed by atoms with E-state index in [1.165, 1.54) is 16.8 Å². The fourth-order valence-corrected chi connectivity index (χ4v) is 1.92. The Morgan fingerprint density at radius 1 is 1.44 bits per heavy atom. The third-order valence-corrected chi connectivity index (χ3v) is 2.75. The Morgan fingerprint density at radius 2 is 2.22 bits per heavy atom. The summed E-state index contributed by atoms with van der Waals surface area (Å²) < 4.78 is 7.22. The number of hydrogen-bond acceptors (Lipinski definition) is 6. The van der Waals surface area contributed by atoms with E-state index in [0.29, 0.717) is 17.3 Å². The van der Waals surface area contributed by atoms with Gasteiger partial charge in [0.15, 0.2) is 11.4 Å². The van der Waals surface area contributed by atoms with Crippen LogP contribution in [0.25, 0.3) is 5.69 Å². The normalized spacial score (nSPS) is 15.4. The number of aromatic nitrogens is 4. The summed E-state index contributed by atoms with van der Waals surface area (Å²) in [7, 11) is 0. The lowest BCUT2D eigenvalue weighted by Crippen LogP contribution is -2.33. The lowest BCUT2D eigenvalue weighted by Gasteiger charge is -2.30. The molecule has 0 saturated carbocycles. The van der Waals surface area contributed by atoms with Crippen LogP contribution in [0.1, 0.15) is 19.7 Å². The topological polar surface area (TPSA) is 96.0 Å². The summed E-state index contributed by atoms with van der Waals surface area (Å²) in [6.07, 6.45) is 0. The van der Waals surface area contributed by atoms with E-state index in [0.717, 1.165) is 0 Å². The van der Waals surface area contributed by atoms with Crippen LogP contribution in [0.2, 0.25) is 0 Å². The zero-order valence-electron chi connectivity index (χ0n) is 9.69. The van der Waals surface area contributed by atoms with Crippen molar-refractivity contribution in [3.63, 3.8) is 0 Å². The molecule has 0 saturated heterocycles. The SMILES string of the molecule is CC1(C)Oc2ccc([N+](=O)[O-])cc2-n2nnnc21. The molecule has 0 radical (unpaired) electrons. The third kappa shape index (κ3) is 1.35. The van der Waals surface area contributed by atoms with Gasteiger partial charge in [-0.1, -0.05) is 0 Å². The van der Waals surface area contributed by atoms with Crippen LogP contribution < -0.4 is 4.74 Å². The summed E-state index contributed by atoms with van der Waals surface area (Å²) in [6, 6.07) is 4.34. The van der Waals surface area contributed by atoms with Crippen molar-refractivity contribution in [3.05, 3.63) is 34.1 Å². The molecule has 8 heteroatoms. The average molecular weight is 247 g/mol. The van der Waals surface area contributed by atoms with Gasteiger partial charge in [-0.05, 0) is 30.3 Å². The highest BCUT2D eigenvalue weighted by atomic mass is 16.6. The fraction of sp³-hybridized carbons (Fsp3) is 0.300. The van der Waals surface area contributed by atoms with Crippen molar-refractivity contribution in [3.8, 4) is 11.4 Å². The summed E-state index contributed by atoms with van der Waals surface area (Å²) in [5, 5.41) is 22.1. The number of non-ortho nitro benzene ring substituents is 1. The second kappa shape index (κ2) is 3.25. The standard InChI is InChI=1S/C10H9N5O3/c1-10(2)9-11-12-13-14(9)7-5-6(15(16)17)3-4-8(7)18-10/h3-5H,1-2H3. The van der Waals surface area contributed by atoms with Crippen LogP contribution in [0, 0.1) is 10.1 Å². The van der Waals surface area contributed by atoms with Crippen molar-refractivity contribution in [2.75, 3.05) is 0 Å². The second-order valence-corrected chi connectivity index (χ2v) is 4.44. The zero-order chi connectivity index (χ0) is 12.9. The molecule has 92 valence electrons. The first kappa shape index (κ1) is 10.6. The maximum absolute atomic E-state index is 10.8. The van der Waals surface area contributed by atoms with Crippen molar-refractivity contribution in [1.82, 2.24) is 20.2 Å². The summed E-state index contributed by atoms with van der Waals surface area (Å²) >= 11 is 0. The molecule has 0 unspecified atom stereocenters. The summed E-state index contributed by atoms with van der Waals surface area (Å²) in [6.45, 7) is 3.67. The Bertz CT molecular complexity index is 649. The van der Waals surface area contributed by atoms with Crippen molar-refractivity contribution in [1.29, 1.82) is 0 Å². The predicted octanol–water partition coefficient (Wildman–Crippen LogP) is 1.20. The van der Waals surface area contributed by atoms with E-state index < -0.39 is 10.5 Å². The van der Waals surface area contributed by atoms with Crippen molar-refractivity contribution < 1.29 is 9.66 Å². The molecule has 1 aliphatic rings. The minimum absolute atomic E-state index is 0.0292. The Kier molecular flexibility index (Phi) is 1.92. The van der Waals surface area contributed by atoms with Crippen LogP contribution in [0.5, 0.6) is 5.75 Å². The molecule has 18 heavy (non-hydrogen) atoms. The van der Waals surface area contributed by atoms with Gasteiger partial charge in [-0.3, -0.25) is 10.1 Å². The van der Waals surface area contributed by atoms with Crippen LogP contribution in [0.15, 0.2) is 18.2 Å². The molecule has 2 heterocycles. The quantitative estimate of drug-likeness (QED) is 0.554. The van der Waals surface area contributed by atoms with Gasteiger partial charge in [-0.15, -0.1) is 5.10 Å². The van der Waals surface area contributed by atoms with Gasteiger partial charge < -0.3 is 4.74 Å². The summed E-state index contributed by atoms with van der Waals surface area (Å²) in [5.74, 6) is 1.03. The second-order valence-electron chi connectivity index (χ2n) is 4.44. The average Bonchev–Trinajstić information content (AvgIpc) is 2.78. The molecular formula is C10H9N5O3. The molecule has 0 bridgehead atoms. The van der Waals surface area contributed by atoms with Crippen LogP contribution in [-0.4, -0.2) is 25.1 Å².